The van der Waals surface area contributed by atoms with Gasteiger partial charge in [-0.1, -0.05) is 18.2 Å². The molecule has 3 rings (SSSR count). The van der Waals surface area contributed by atoms with Crippen molar-refractivity contribution in [2.75, 3.05) is 0 Å². The molecule has 0 aliphatic heterocycles. The Morgan fingerprint density at radius 2 is 1.83 bits per heavy atom. The highest BCUT2D eigenvalue weighted by atomic mass is 16.2. The highest BCUT2D eigenvalue weighted by Crippen LogP contribution is 2.22. The Hall–Kier alpha value is -2.63. The zero-order valence-corrected chi connectivity index (χ0v) is 14.1. The minimum Gasteiger partial charge on any atom is -0.273 e. The van der Waals surface area contributed by atoms with E-state index in [2.05, 4.69) is 28.1 Å². The maximum atomic E-state index is 12.0. The number of rotatable bonds is 4. The number of benzene rings is 1. The van der Waals surface area contributed by atoms with E-state index >= 15 is 0 Å². The van der Waals surface area contributed by atoms with Crippen LogP contribution in [-0.2, 0) is 35.4 Å². The van der Waals surface area contributed by atoms with E-state index in [4.69, 9.17) is 0 Å². The number of hydrogen-bond acceptors (Lipinski definition) is 3. The van der Waals surface area contributed by atoms with Crippen LogP contribution in [0.25, 0.3) is 0 Å². The number of nitrogens with zero attached hydrogens (tertiary/aromatic N) is 2. The van der Waals surface area contributed by atoms with Gasteiger partial charge < -0.3 is 0 Å². The van der Waals surface area contributed by atoms with Crippen molar-refractivity contribution < 1.29 is 9.59 Å². The minimum absolute atomic E-state index is 0.0821. The number of hydrazine groups is 1. The van der Waals surface area contributed by atoms with Crippen LogP contribution in [0.5, 0.6) is 0 Å². The number of fused-ring (bicyclic) bond motifs is 1. The van der Waals surface area contributed by atoms with Gasteiger partial charge in [0.1, 0.15) is 6.54 Å². The smallest absolute Gasteiger partial charge is 0.260 e. The molecule has 0 spiro atoms. The van der Waals surface area contributed by atoms with Gasteiger partial charge in [0.2, 0.25) is 5.91 Å². The van der Waals surface area contributed by atoms with Crippen molar-refractivity contribution in [2.45, 2.75) is 46.1 Å². The second-order valence-electron chi connectivity index (χ2n) is 6.31. The highest BCUT2D eigenvalue weighted by molar-refractivity contribution is 5.83. The molecule has 1 aliphatic rings. The lowest BCUT2D eigenvalue weighted by Crippen LogP contribution is -2.44. The third-order valence-corrected chi connectivity index (χ3v) is 4.27. The van der Waals surface area contributed by atoms with Gasteiger partial charge in [-0.2, -0.15) is 5.10 Å². The molecular weight excluding hydrogens is 304 g/mol. The summed E-state index contributed by atoms with van der Waals surface area (Å²) < 4.78 is 1.61. The third-order valence-electron chi connectivity index (χ3n) is 4.27. The van der Waals surface area contributed by atoms with Gasteiger partial charge >= 0.3 is 0 Å². The SMILES string of the molecule is Cc1cc(C)n(CC(=O)NNC(=O)Cc2ccc3c(c2)CCC3)n1. The van der Waals surface area contributed by atoms with Crippen LogP contribution in [0.4, 0.5) is 0 Å². The average molecular weight is 326 g/mol. The van der Waals surface area contributed by atoms with Crippen LogP contribution in [0.3, 0.4) is 0 Å². The van der Waals surface area contributed by atoms with Gasteiger partial charge in [-0.05, 0) is 55.9 Å². The van der Waals surface area contributed by atoms with Crippen LogP contribution in [0.1, 0.15) is 34.5 Å². The van der Waals surface area contributed by atoms with Crippen LogP contribution >= 0.6 is 0 Å². The number of carbonyl (C=O) groups excluding carboxylic acids is 2. The second kappa shape index (κ2) is 6.86. The molecule has 6 heteroatoms. The summed E-state index contributed by atoms with van der Waals surface area (Å²) in [6.07, 6.45) is 3.66. The molecule has 1 aliphatic carbocycles. The summed E-state index contributed by atoms with van der Waals surface area (Å²) in [4.78, 5) is 23.9. The molecule has 1 heterocycles. The van der Waals surface area contributed by atoms with E-state index in [0.717, 1.165) is 29.8 Å². The number of aryl methyl sites for hydroxylation is 4. The van der Waals surface area contributed by atoms with E-state index in [1.807, 2.05) is 26.0 Å². The average Bonchev–Trinajstić information content (AvgIpc) is 3.11. The predicted molar refractivity (Wildman–Crippen MR) is 90.2 cm³/mol. The molecule has 1 aromatic heterocycles. The molecule has 0 bridgehead atoms. The normalized spacial score (nSPS) is 12.8. The summed E-state index contributed by atoms with van der Waals surface area (Å²) >= 11 is 0. The molecule has 0 atom stereocenters. The van der Waals surface area contributed by atoms with Gasteiger partial charge in [0.05, 0.1) is 12.1 Å². The first-order chi connectivity index (χ1) is 11.5. The van der Waals surface area contributed by atoms with E-state index < -0.39 is 0 Å². The molecule has 0 saturated heterocycles. The topological polar surface area (TPSA) is 76.0 Å². The van der Waals surface area contributed by atoms with Crippen molar-refractivity contribution in [1.82, 2.24) is 20.6 Å². The van der Waals surface area contributed by atoms with Gasteiger partial charge in [0, 0.05) is 5.69 Å². The maximum absolute atomic E-state index is 12.0. The molecule has 24 heavy (non-hydrogen) atoms. The van der Waals surface area contributed by atoms with Gasteiger partial charge in [-0.3, -0.25) is 25.1 Å². The Balaban J connectivity index is 1.48. The largest absolute Gasteiger partial charge is 0.273 e. The zero-order chi connectivity index (χ0) is 17.1. The summed E-state index contributed by atoms with van der Waals surface area (Å²) in [6.45, 7) is 3.85. The minimum atomic E-state index is -0.302. The van der Waals surface area contributed by atoms with Gasteiger partial charge in [0.25, 0.3) is 5.91 Å². The van der Waals surface area contributed by atoms with Crippen molar-refractivity contribution in [3.63, 3.8) is 0 Å². The standard InChI is InChI=1S/C18H22N4O2/c1-12-8-13(2)22(21-12)11-18(24)20-19-17(23)10-14-6-7-15-4-3-5-16(15)9-14/h6-9H,3-5,10-11H2,1-2H3,(H,19,23)(H,20,24). The quantitative estimate of drug-likeness (QED) is 0.834. The summed E-state index contributed by atoms with van der Waals surface area (Å²) in [5.41, 5.74) is 10.4. The van der Waals surface area contributed by atoms with Gasteiger partial charge in [-0.15, -0.1) is 0 Å². The van der Waals surface area contributed by atoms with E-state index in [-0.39, 0.29) is 24.8 Å². The summed E-state index contributed by atoms with van der Waals surface area (Å²) in [7, 11) is 0. The number of carbonyl (C=O) groups is 2. The fraction of sp³-hybridized carbons (Fsp3) is 0.389. The maximum Gasteiger partial charge on any atom is 0.260 e. The van der Waals surface area contributed by atoms with Crippen molar-refractivity contribution in [2.24, 2.45) is 0 Å². The van der Waals surface area contributed by atoms with Crippen molar-refractivity contribution in [1.29, 1.82) is 0 Å². The molecule has 126 valence electrons. The molecule has 2 N–H and O–H groups in total. The van der Waals surface area contributed by atoms with E-state index in [9.17, 15) is 9.59 Å². The van der Waals surface area contributed by atoms with Crippen LogP contribution in [0, 0.1) is 13.8 Å². The lowest BCUT2D eigenvalue weighted by atomic mass is 10.0. The van der Waals surface area contributed by atoms with Crippen molar-refractivity contribution in [3.05, 3.63) is 52.3 Å². The van der Waals surface area contributed by atoms with E-state index in [1.165, 1.54) is 17.5 Å². The number of aromatic nitrogens is 2. The molecule has 1 aromatic carbocycles. The molecular formula is C18H22N4O2. The Morgan fingerprint density at radius 3 is 2.58 bits per heavy atom. The number of hydrogen-bond donors (Lipinski definition) is 2. The summed E-state index contributed by atoms with van der Waals surface area (Å²) in [6, 6.07) is 8.09. The highest BCUT2D eigenvalue weighted by Gasteiger charge is 2.13. The van der Waals surface area contributed by atoms with Gasteiger partial charge in [0.15, 0.2) is 0 Å². The first-order valence-corrected chi connectivity index (χ1v) is 8.20. The first kappa shape index (κ1) is 16.2. The van der Waals surface area contributed by atoms with Crippen LogP contribution < -0.4 is 10.9 Å². The van der Waals surface area contributed by atoms with Crippen LogP contribution in [0.2, 0.25) is 0 Å². The van der Waals surface area contributed by atoms with Crippen LogP contribution in [0.15, 0.2) is 24.3 Å². The Labute approximate surface area is 141 Å². The molecule has 0 fully saturated rings. The summed E-state index contributed by atoms with van der Waals surface area (Å²) in [5.74, 6) is -0.529. The van der Waals surface area contributed by atoms with Crippen LogP contribution in [-0.4, -0.2) is 21.6 Å². The van der Waals surface area contributed by atoms with E-state index in [0.29, 0.717) is 0 Å². The molecule has 2 aromatic rings. The molecule has 0 saturated carbocycles. The second-order valence-corrected chi connectivity index (χ2v) is 6.31. The molecule has 0 unspecified atom stereocenters. The fourth-order valence-corrected chi connectivity index (χ4v) is 3.11. The molecule has 6 nitrogen and oxygen atoms in total. The van der Waals surface area contributed by atoms with Gasteiger partial charge in [-0.25, -0.2) is 0 Å². The zero-order valence-electron chi connectivity index (χ0n) is 14.1. The third kappa shape index (κ3) is 3.82. The lowest BCUT2D eigenvalue weighted by molar-refractivity contribution is -0.129. The van der Waals surface area contributed by atoms with Crippen molar-refractivity contribution >= 4 is 11.8 Å². The fourth-order valence-electron chi connectivity index (χ4n) is 3.11. The van der Waals surface area contributed by atoms with Crippen molar-refractivity contribution in [3.8, 4) is 0 Å². The number of amides is 2. The number of nitrogens with one attached hydrogen (secondary N) is 2. The molecule has 0 radical (unpaired) electrons. The predicted octanol–water partition coefficient (Wildman–Crippen LogP) is 1.38. The van der Waals surface area contributed by atoms with E-state index in [1.54, 1.807) is 4.68 Å². The molecule has 2 amide bonds. The Morgan fingerprint density at radius 1 is 1.08 bits per heavy atom. The lowest BCUT2D eigenvalue weighted by Gasteiger charge is -2.09. The first-order valence-electron chi connectivity index (χ1n) is 8.20. The monoisotopic (exact) mass is 326 g/mol. The Bertz CT molecular complexity index is 779. The Kier molecular flexibility index (Phi) is 4.64. The summed E-state index contributed by atoms with van der Waals surface area (Å²) in [5, 5.41) is 4.22.